The molecule has 0 saturated carbocycles. The lowest BCUT2D eigenvalue weighted by Crippen LogP contribution is -2.41. The van der Waals surface area contributed by atoms with Gasteiger partial charge in [0.2, 0.25) is 5.91 Å². The van der Waals surface area contributed by atoms with E-state index in [1.165, 1.54) is 6.08 Å². The second-order valence-corrected chi connectivity index (χ2v) is 7.02. The normalized spacial score (nSPS) is 18.5. The molecule has 1 unspecified atom stereocenters. The summed E-state index contributed by atoms with van der Waals surface area (Å²) in [5, 5.41) is 14.0. The minimum absolute atomic E-state index is 0.187. The number of halogens is 1. The van der Waals surface area contributed by atoms with E-state index in [0.29, 0.717) is 37.0 Å². The fraction of sp³-hybridized carbons (Fsp3) is 0.588. The SMILES string of the molecule is Cc1nn(CC(C)C)c(Cl)c1C=CC(=O)N1CCCC(C(=O)O)C1. The molecule has 24 heavy (non-hydrogen) atoms. The van der Waals surface area contributed by atoms with Gasteiger partial charge in [-0.05, 0) is 31.8 Å². The highest BCUT2D eigenvalue weighted by Gasteiger charge is 2.27. The minimum atomic E-state index is -0.842. The molecule has 1 aliphatic rings. The molecule has 2 rings (SSSR count). The third kappa shape index (κ3) is 4.38. The Kier molecular flexibility index (Phi) is 6.04. The number of hydrogen-bond donors (Lipinski definition) is 1. The maximum atomic E-state index is 12.3. The van der Waals surface area contributed by atoms with Crippen LogP contribution in [0.4, 0.5) is 0 Å². The Morgan fingerprint density at radius 3 is 2.79 bits per heavy atom. The third-order valence-corrected chi connectivity index (χ3v) is 4.52. The average molecular weight is 354 g/mol. The van der Waals surface area contributed by atoms with Gasteiger partial charge >= 0.3 is 5.97 Å². The number of aryl methyl sites for hydroxylation is 1. The van der Waals surface area contributed by atoms with Gasteiger partial charge in [-0.2, -0.15) is 5.10 Å². The van der Waals surface area contributed by atoms with Gasteiger partial charge in [0.05, 0.1) is 11.6 Å². The molecule has 1 fully saturated rings. The quantitative estimate of drug-likeness (QED) is 0.826. The first kappa shape index (κ1) is 18.5. The molecule has 0 radical (unpaired) electrons. The van der Waals surface area contributed by atoms with Crippen LogP contribution in [0.1, 0.15) is 37.9 Å². The molecule has 0 aliphatic carbocycles. The van der Waals surface area contributed by atoms with E-state index in [0.717, 1.165) is 11.3 Å². The van der Waals surface area contributed by atoms with Crippen molar-refractivity contribution in [2.45, 2.75) is 40.2 Å². The molecule has 1 atom stereocenters. The number of carboxylic acid groups (broad SMARTS) is 1. The molecule has 0 aromatic carbocycles. The zero-order valence-corrected chi connectivity index (χ0v) is 15.1. The number of carboxylic acids is 1. The van der Waals surface area contributed by atoms with Gasteiger partial charge in [-0.1, -0.05) is 25.4 Å². The third-order valence-electron chi connectivity index (χ3n) is 4.12. The van der Waals surface area contributed by atoms with Crippen LogP contribution in [0, 0.1) is 18.8 Å². The number of rotatable bonds is 5. The van der Waals surface area contributed by atoms with Crippen molar-refractivity contribution in [2.75, 3.05) is 13.1 Å². The highest BCUT2D eigenvalue weighted by molar-refractivity contribution is 6.31. The standard InChI is InChI=1S/C17H24ClN3O3/c1-11(2)9-21-16(18)14(12(3)19-21)6-7-15(22)20-8-4-5-13(10-20)17(23)24/h6-7,11,13H,4-5,8-10H2,1-3H3,(H,23,24). The van der Waals surface area contributed by atoms with Crippen LogP contribution in [0.3, 0.4) is 0 Å². The summed E-state index contributed by atoms with van der Waals surface area (Å²) < 4.78 is 1.74. The second-order valence-electron chi connectivity index (χ2n) is 6.66. The van der Waals surface area contributed by atoms with Gasteiger partial charge in [0, 0.05) is 31.3 Å². The van der Waals surface area contributed by atoms with Crippen molar-refractivity contribution in [1.29, 1.82) is 0 Å². The lowest BCUT2D eigenvalue weighted by Gasteiger charge is -2.29. The molecule has 1 aromatic heterocycles. The molecule has 132 valence electrons. The summed E-state index contributed by atoms with van der Waals surface area (Å²) in [4.78, 5) is 25.0. The monoisotopic (exact) mass is 353 g/mol. The molecule has 0 spiro atoms. The van der Waals surface area contributed by atoms with Gasteiger partial charge in [0.25, 0.3) is 0 Å². The van der Waals surface area contributed by atoms with Crippen molar-refractivity contribution in [1.82, 2.24) is 14.7 Å². The van der Waals surface area contributed by atoms with Crippen LogP contribution in [-0.2, 0) is 16.1 Å². The highest BCUT2D eigenvalue weighted by Crippen LogP contribution is 2.23. The van der Waals surface area contributed by atoms with E-state index < -0.39 is 11.9 Å². The van der Waals surface area contributed by atoms with E-state index in [9.17, 15) is 9.59 Å². The zero-order valence-electron chi connectivity index (χ0n) is 14.3. The van der Waals surface area contributed by atoms with Crippen molar-refractivity contribution >= 4 is 29.6 Å². The smallest absolute Gasteiger partial charge is 0.308 e. The number of aliphatic carboxylic acids is 1. The fourth-order valence-electron chi connectivity index (χ4n) is 2.86. The summed E-state index contributed by atoms with van der Waals surface area (Å²) in [6.45, 7) is 7.59. The van der Waals surface area contributed by atoms with Gasteiger partial charge in [-0.15, -0.1) is 0 Å². The lowest BCUT2D eigenvalue weighted by atomic mass is 9.98. The van der Waals surface area contributed by atoms with Crippen molar-refractivity contribution in [3.05, 3.63) is 22.5 Å². The summed E-state index contributed by atoms with van der Waals surface area (Å²) in [6.07, 6.45) is 4.46. The highest BCUT2D eigenvalue weighted by atomic mass is 35.5. The van der Waals surface area contributed by atoms with Crippen LogP contribution < -0.4 is 0 Å². The topological polar surface area (TPSA) is 75.4 Å². The molecule has 6 nitrogen and oxygen atoms in total. The molecular formula is C17H24ClN3O3. The first-order valence-electron chi connectivity index (χ1n) is 8.22. The number of hydrogen-bond acceptors (Lipinski definition) is 3. The molecule has 1 amide bonds. The maximum absolute atomic E-state index is 12.3. The number of carbonyl (C=O) groups excluding carboxylic acids is 1. The van der Waals surface area contributed by atoms with E-state index >= 15 is 0 Å². The molecular weight excluding hydrogens is 330 g/mol. The van der Waals surface area contributed by atoms with Crippen LogP contribution in [0.2, 0.25) is 5.15 Å². The number of piperidine rings is 1. The van der Waals surface area contributed by atoms with E-state index in [1.54, 1.807) is 15.7 Å². The Balaban J connectivity index is 2.09. The van der Waals surface area contributed by atoms with E-state index in [1.807, 2.05) is 6.92 Å². The Hall–Kier alpha value is -1.82. The van der Waals surface area contributed by atoms with Gasteiger partial charge in [0.15, 0.2) is 0 Å². The van der Waals surface area contributed by atoms with Crippen LogP contribution in [-0.4, -0.2) is 44.8 Å². The summed E-state index contributed by atoms with van der Waals surface area (Å²) in [5.41, 5.74) is 1.50. The molecule has 1 N–H and O–H groups in total. The summed E-state index contributed by atoms with van der Waals surface area (Å²) in [5.74, 6) is -1.09. The number of likely N-dealkylation sites (tertiary alicyclic amines) is 1. The molecule has 0 bridgehead atoms. The van der Waals surface area contributed by atoms with Gasteiger partial charge < -0.3 is 10.0 Å². The Morgan fingerprint density at radius 2 is 2.17 bits per heavy atom. The molecule has 7 heteroatoms. The van der Waals surface area contributed by atoms with Crippen LogP contribution in [0.25, 0.3) is 6.08 Å². The summed E-state index contributed by atoms with van der Waals surface area (Å²) in [6, 6.07) is 0. The molecule has 1 aliphatic heterocycles. The lowest BCUT2D eigenvalue weighted by molar-refractivity contribution is -0.144. The van der Waals surface area contributed by atoms with Crippen LogP contribution in [0.5, 0.6) is 0 Å². The first-order chi connectivity index (χ1) is 11.3. The zero-order chi connectivity index (χ0) is 17.9. The van der Waals surface area contributed by atoms with Crippen LogP contribution in [0.15, 0.2) is 6.08 Å². The van der Waals surface area contributed by atoms with Crippen molar-refractivity contribution in [3.63, 3.8) is 0 Å². The molecule has 1 aromatic rings. The Morgan fingerprint density at radius 1 is 1.46 bits per heavy atom. The van der Waals surface area contributed by atoms with Crippen LogP contribution >= 0.6 is 11.6 Å². The average Bonchev–Trinajstić information content (AvgIpc) is 2.78. The predicted molar refractivity (Wildman–Crippen MR) is 92.8 cm³/mol. The Bertz CT molecular complexity index is 652. The number of nitrogens with zero attached hydrogens (tertiary/aromatic N) is 3. The number of aromatic nitrogens is 2. The molecule has 1 saturated heterocycles. The fourth-order valence-corrected chi connectivity index (χ4v) is 3.17. The predicted octanol–water partition coefficient (Wildman–Crippen LogP) is 2.84. The number of amides is 1. The summed E-state index contributed by atoms with van der Waals surface area (Å²) in [7, 11) is 0. The van der Waals surface area contributed by atoms with Gasteiger partial charge in [-0.25, -0.2) is 0 Å². The van der Waals surface area contributed by atoms with E-state index in [2.05, 4.69) is 18.9 Å². The van der Waals surface area contributed by atoms with Gasteiger partial charge in [0.1, 0.15) is 5.15 Å². The summed E-state index contributed by atoms with van der Waals surface area (Å²) >= 11 is 6.35. The largest absolute Gasteiger partial charge is 0.481 e. The minimum Gasteiger partial charge on any atom is -0.481 e. The molecule has 2 heterocycles. The van der Waals surface area contributed by atoms with Crippen molar-refractivity contribution in [3.8, 4) is 0 Å². The van der Waals surface area contributed by atoms with Crippen molar-refractivity contribution in [2.24, 2.45) is 11.8 Å². The van der Waals surface area contributed by atoms with Crippen molar-refractivity contribution < 1.29 is 14.7 Å². The number of carbonyl (C=O) groups is 2. The van der Waals surface area contributed by atoms with Gasteiger partial charge in [-0.3, -0.25) is 14.3 Å². The maximum Gasteiger partial charge on any atom is 0.308 e. The Labute approximate surface area is 147 Å². The first-order valence-corrected chi connectivity index (χ1v) is 8.60. The second kappa shape index (κ2) is 7.83. The van der Waals surface area contributed by atoms with E-state index in [-0.39, 0.29) is 12.5 Å². The van der Waals surface area contributed by atoms with E-state index in [4.69, 9.17) is 16.7 Å².